The maximum atomic E-state index is 9.56. The average molecular weight is 457 g/mol. The van der Waals surface area contributed by atoms with Crippen LogP contribution in [-0.2, 0) is 6.61 Å². The van der Waals surface area contributed by atoms with E-state index in [0.29, 0.717) is 40.6 Å². The van der Waals surface area contributed by atoms with E-state index in [4.69, 9.17) is 14.8 Å². The molecule has 3 N–H and O–H groups in total. The number of nitrogens with zero attached hydrogens (tertiary/aromatic N) is 6. The summed E-state index contributed by atoms with van der Waals surface area (Å²) in [6.45, 7) is 1.30. The average Bonchev–Trinajstić information content (AvgIpc) is 3.62. The second kappa shape index (κ2) is 9.41. The smallest absolute Gasteiger partial charge is 0.298 e. The second-order valence-corrected chi connectivity index (χ2v) is 8.33. The summed E-state index contributed by atoms with van der Waals surface area (Å²) in [6.07, 6.45) is 7.43. The lowest BCUT2D eigenvalue weighted by Crippen LogP contribution is -2.25. The van der Waals surface area contributed by atoms with Gasteiger partial charge in [0.15, 0.2) is 5.58 Å². The Balaban J connectivity index is 1.34. The van der Waals surface area contributed by atoms with Gasteiger partial charge in [-0.25, -0.2) is 9.97 Å². The summed E-state index contributed by atoms with van der Waals surface area (Å²) in [5.41, 5.74) is 3.45. The third-order valence-electron chi connectivity index (χ3n) is 6.31. The largest absolute Gasteiger partial charge is 0.423 e. The van der Waals surface area contributed by atoms with E-state index in [9.17, 15) is 10.4 Å². The molecule has 10 nitrogen and oxygen atoms in total. The number of anilines is 1. The molecule has 0 bridgehead atoms. The third kappa shape index (κ3) is 4.02. The first kappa shape index (κ1) is 21.7. The summed E-state index contributed by atoms with van der Waals surface area (Å²) in [5, 5.41) is 27.8. The van der Waals surface area contributed by atoms with Crippen LogP contribution in [0, 0.1) is 22.7 Å². The van der Waals surface area contributed by atoms with Gasteiger partial charge in [-0.1, -0.05) is 12.1 Å². The van der Waals surface area contributed by atoms with Gasteiger partial charge < -0.3 is 24.8 Å². The number of oxazole rings is 1. The third-order valence-corrected chi connectivity index (χ3v) is 6.31. The van der Waals surface area contributed by atoms with Crippen molar-refractivity contribution in [2.24, 2.45) is 10.9 Å². The number of aliphatic hydroxyl groups is 1. The Kier molecular flexibility index (Phi) is 6.01. The van der Waals surface area contributed by atoms with Crippen molar-refractivity contribution in [1.29, 1.82) is 10.7 Å². The summed E-state index contributed by atoms with van der Waals surface area (Å²) < 4.78 is 5.97. The Labute approximate surface area is 195 Å². The van der Waals surface area contributed by atoms with Crippen LogP contribution in [0.25, 0.3) is 22.1 Å². The Bertz CT molecular complexity index is 1380. The minimum absolute atomic E-state index is 0.108. The van der Waals surface area contributed by atoms with Gasteiger partial charge in [0.1, 0.15) is 17.5 Å². The Morgan fingerprint density at radius 2 is 2.29 bits per heavy atom. The molecule has 5 rings (SSSR count). The monoisotopic (exact) mass is 456 g/mol. The van der Waals surface area contributed by atoms with Crippen LogP contribution in [0.5, 0.6) is 0 Å². The lowest BCUT2D eigenvalue weighted by Gasteiger charge is -2.18. The molecule has 172 valence electrons. The number of H-pyrrole nitrogens is 1. The number of nitrogens with one attached hydrogen (secondary N) is 2. The van der Waals surface area contributed by atoms with Crippen LogP contribution in [0.1, 0.15) is 30.0 Å². The zero-order valence-corrected chi connectivity index (χ0v) is 18.4. The van der Waals surface area contributed by atoms with Crippen LogP contribution in [0.3, 0.4) is 0 Å². The lowest BCUT2D eigenvalue weighted by atomic mass is 9.96. The molecule has 1 fully saturated rings. The SMILES string of the molecule is N#CCC(N=CC(C=N)c1ncnc2[nH]ccc12)C1CCN(c2nc3cccc(CO)c3o2)C1. The summed E-state index contributed by atoms with van der Waals surface area (Å²) in [7, 11) is 0. The maximum absolute atomic E-state index is 9.56. The number of aliphatic hydroxyl groups excluding tert-OH is 1. The van der Waals surface area contributed by atoms with E-state index in [2.05, 4.69) is 30.9 Å². The van der Waals surface area contributed by atoms with E-state index in [1.807, 2.05) is 24.3 Å². The topological polar surface area (TPSA) is 151 Å². The molecular formula is C24H24N8O2. The van der Waals surface area contributed by atoms with Crippen molar-refractivity contribution < 1.29 is 9.52 Å². The highest BCUT2D eigenvalue weighted by Gasteiger charge is 2.32. The van der Waals surface area contributed by atoms with Gasteiger partial charge in [0.25, 0.3) is 6.01 Å². The molecule has 0 aliphatic carbocycles. The molecule has 0 radical (unpaired) electrons. The van der Waals surface area contributed by atoms with Gasteiger partial charge in [-0.2, -0.15) is 10.2 Å². The standard InChI is InChI=1S/C24H24N8O2/c25-7-4-19(28-11-17(10-26)21-18-5-8-27-23(18)30-14-29-21)15-6-9-32(12-15)24-31-20-3-1-2-16(13-33)22(20)34-24/h1-3,5,8,10-11,14-15,17,19,26,33H,4,6,9,12-13H2,(H,27,29,30). The first-order valence-electron chi connectivity index (χ1n) is 11.1. The van der Waals surface area contributed by atoms with Gasteiger partial charge >= 0.3 is 0 Å². The fraction of sp³-hybridized carbons (Fsp3) is 0.333. The minimum Gasteiger partial charge on any atom is -0.423 e. The number of hydrogen-bond donors (Lipinski definition) is 3. The van der Waals surface area contributed by atoms with Crippen molar-refractivity contribution in [3.05, 3.63) is 48.0 Å². The van der Waals surface area contributed by atoms with Gasteiger partial charge in [-0.3, -0.25) is 4.99 Å². The number of aliphatic imine (C=N–C) groups is 1. The highest BCUT2D eigenvalue weighted by atomic mass is 16.4. The van der Waals surface area contributed by atoms with Crippen LogP contribution < -0.4 is 4.90 Å². The van der Waals surface area contributed by atoms with Crippen molar-refractivity contribution in [2.45, 2.75) is 31.4 Å². The number of hydrogen-bond acceptors (Lipinski definition) is 9. The summed E-state index contributed by atoms with van der Waals surface area (Å²) in [6, 6.07) is 9.99. The van der Waals surface area contributed by atoms with E-state index in [0.717, 1.165) is 18.4 Å². The second-order valence-electron chi connectivity index (χ2n) is 8.33. The quantitative estimate of drug-likeness (QED) is 0.344. The molecular weight excluding hydrogens is 432 g/mol. The number of nitriles is 1. The lowest BCUT2D eigenvalue weighted by molar-refractivity contribution is 0.281. The number of benzene rings is 1. The molecule has 1 aliphatic rings. The molecule has 1 aliphatic heterocycles. The van der Waals surface area contributed by atoms with Crippen molar-refractivity contribution >= 4 is 40.6 Å². The van der Waals surface area contributed by atoms with Gasteiger partial charge in [-0.05, 0) is 18.6 Å². The number of rotatable bonds is 8. The van der Waals surface area contributed by atoms with Crippen LogP contribution in [-0.4, -0.2) is 56.6 Å². The number of fused-ring (bicyclic) bond motifs is 2. The molecule has 0 spiro atoms. The zero-order valence-electron chi connectivity index (χ0n) is 18.4. The minimum atomic E-state index is -0.408. The Morgan fingerprint density at radius 3 is 3.12 bits per heavy atom. The number of aromatic amines is 1. The number of aromatic nitrogens is 4. The predicted octanol–water partition coefficient (Wildman–Crippen LogP) is 3.20. The molecule has 4 heterocycles. The molecule has 34 heavy (non-hydrogen) atoms. The van der Waals surface area contributed by atoms with Gasteiger partial charge in [0.2, 0.25) is 0 Å². The molecule has 0 amide bonds. The van der Waals surface area contributed by atoms with Crippen LogP contribution in [0.4, 0.5) is 6.01 Å². The van der Waals surface area contributed by atoms with E-state index in [-0.39, 0.29) is 25.0 Å². The summed E-state index contributed by atoms with van der Waals surface area (Å²) >= 11 is 0. The van der Waals surface area contributed by atoms with Crippen molar-refractivity contribution in [3.8, 4) is 6.07 Å². The molecule has 4 aromatic rings. The van der Waals surface area contributed by atoms with Crippen molar-refractivity contribution in [2.75, 3.05) is 18.0 Å². The first-order valence-corrected chi connectivity index (χ1v) is 11.1. The van der Waals surface area contributed by atoms with Gasteiger partial charge in [0.05, 0.1) is 36.8 Å². The zero-order chi connectivity index (χ0) is 23.5. The highest BCUT2D eigenvalue weighted by Crippen LogP contribution is 2.31. The highest BCUT2D eigenvalue weighted by molar-refractivity contribution is 5.94. The summed E-state index contributed by atoms with van der Waals surface area (Å²) in [5.74, 6) is -0.263. The Hall–Kier alpha value is -4.10. The van der Waals surface area contributed by atoms with Gasteiger partial charge in [-0.15, -0.1) is 0 Å². The van der Waals surface area contributed by atoms with E-state index >= 15 is 0 Å². The van der Waals surface area contributed by atoms with Crippen LogP contribution >= 0.6 is 0 Å². The van der Waals surface area contributed by atoms with Crippen LogP contribution in [0.2, 0.25) is 0 Å². The summed E-state index contributed by atoms with van der Waals surface area (Å²) in [4.78, 5) is 23.0. The molecule has 1 aromatic carbocycles. The van der Waals surface area contributed by atoms with Crippen LogP contribution in [0.15, 0.2) is 46.2 Å². The normalized spacial score (nSPS) is 18.0. The Morgan fingerprint density at radius 1 is 1.38 bits per heavy atom. The van der Waals surface area contributed by atoms with E-state index < -0.39 is 5.92 Å². The number of para-hydroxylation sites is 1. The molecule has 3 unspecified atom stereocenters. The van der Waals surface area contributed by atoms with Gasteiger partial charge in [0, 0.05) is 48.6 Å². The molecule has 3 atom stereocenters. The molecule has 3 aromatic heterocycles. The molecule has 1 saturated heterocycles. The molecule has 10 heteroatoms. The van der Waals surface area contributed by atoms with E-state index in [1.54, 1.807) is 12.4 Å². The fourth-order valence-corrected chi connectivity index (χ4v) is 4.52. The van der Waals surface area contributed by atoms with Crippen molar-refractivity contribution in [3.63, 3.8) is 0 Å². The van der Waals surface area contributed by atoms with Crippen molar-refractivity contribution in [1.82, 2.24) is 19.9 Å². The first-order chi connectivity index (χ1) is 16.7. The predicted molar refractivity (Wildman–Crippen MR) is 128 cm³/mol. The van der Waals surface area contributed by atoms with E-state index in [1.165, 1.54) is 12.5 Å². The molecule has 0 saturated carbocycles. The fourth-order valence-electron chi connectivity index (χ4n) is 4.52. The maximum Gasteiger partial charge on any atom is 0.298 e.